The number of aromatic nitrogens is 4. The van der Waals surface area contributed by atoms with Gasteiger partial charge in [-0.3, -0.25) is 4.70 Å². The van der Waals surface area contributed by atoms with Crippen molar-refractivity contribution in [3.8, 4) is 96.6 Å². The summed E-state index contributed by atoms with van der Waals surface area (Å²) in [6, 6.07) is 141. The number of hydrogen-bond acceptors (Lipinski definition) is 5. The maximum atomic E-state index is 13.2. The van der Waals surface area contributed by atoms with Crippen LogP contribution in [0.25, 0.3) is 180 Å². The van der Waals surface area contributed by atoms with Crippen LogP contribution in [0.2, 0.25) is 0 Å². The molecule has 5 heterocycles. The first-order valence-electron chi connectivity index (χ1n) is 44.7. The molecule has 1 aliphatic carbocycles. The van der Waals surface area contributed by atoms with Crippen LogP contribution in [-0.2, 0) is 15.7 Å². The Kier molecular flexibility index (Phi) is 24.9. The third kappa shape index (κ3) is 17.1. The molecule has 0 amide bonds. The number of benzene rings is 18. The smallest absolute Gasteiger partial charge is 0.399 e. The van der Waals surface area contributed by atoms with Gasteiger partial charge in [-0.2, -0.15) is 15.8 Å². The number of nitriles is 3. The fourth-order valence-electron chi connectivity index (χ4n) is 18.9. The summed E-state index contributed by atoms with van der Waals surface area (Å²) in [7, 11) is -0.363. The van der Waals surface area contributed by atoms with Crippen LogP contribution in [0.3, 0.4) is 0 Å². The summed E-state index contributed by atoms with van der Waals surface area (Å²) in [4.78, 5) is 10.8. The van der Waals surface area contributed by atoms with Crippen molar-refractivity contribution in [3.05, 3.63) is 477 Å². The largest absolute Gasteiger partial charge is 0.494 e. The van der Waals surface area contributed by atoms with Crippen molar-refractivity contribution in [2.45, 2.75) is 45.3 Å². The van der Waals surface area contributed by atoms with E-state index in [0.29, 0.717) is 38.1 Å². The van der Waals surface area contributed by atoms with E-state index in [4.69, 9.17) is 34.3 Å². The van der Waals surface area contributed by atoms with Crippen LogP contribution >= 0.6 is 31.9 Å². The van der Waals surface area contributed by atoms with Crippen molar-refractivity contribution in [2.24, 2.45) is 0 Å². The molecule has 1 saturated heterocycles. The van der Waals surface area contributed by atoms with Crippen molar-refractivity contribution in [2.75, 3.05) is 0 Å². The summed E-state index contributed by atoms with van der Waals surface area (Å²) in [6.07, 6.45) is 1.00. The van der Waals surface area contributed by atoms with Crippen molar-refractivity contribution in [3.63, 3.8) is 0 Å². The Bertz CT molecular complexity index is 8770. The molecule has 22 aromatic rings. The van der Waals surface area contributed by atoms with Gasteiger partial charge in [0.05, 0.1) is 110 Å². The highest BCUT2D eigenvalue weighted by atomic mass is 79.9. The van der Waals surface area contributed by atoms with Gasteiger partial charge in [0.2, 0.25) is 0 Å². The zero-order chi connectivity index (χ0) is 94.2. The Balaban J connectivity index is 0.000000117. The van der Waals surface area contributed by atoms with E-state index in [1.807, 2.05) is 127 Å². The molecule has 0 unspecified atom stereocenters. The molecule has 0 bridgehead atoms. The molecule has 2 aliphatic rings. The van der Waals surface area contributed by atoms with Gasteiger partial charge in [0.25, 0.3) is 0 Å². The zero-order valence-electron chi connectivity index (χ0n) is 75.2. The lowest BCUT2D eigenvalue weighted by molar-refractivity contribution is 0.00578. The molecule has 4 aromatic heterocycles. The molecule has 138 heavy (non-hydrogen) atoms. The molecule has 1 fully saturated rings. The minimum atomic E-state index is -0.363. The molecule has 0 atom stereocenters. The summed E-state index contributed by atoms with van der Waals surface area (Å²) in [5, 5.41) is 37.9. The molecule has 18 aromatic carbocycles. The highest BCUT2D eigenvalue weighted by Gasteiger charge is 2.52. The van der Waals surface area contributed by atoms with Crippen molar-refractivity contribution >= 4 is 149 Å². The summed E-state index contributed by atoms with van der Waals surface area (Å²) < 4.78 is 36.5. The second-order valence-corrected chi connectivity index (χ2v) is 36.5. The number of fused-ring (bicyclic) bond motifs is 15. The third-order valence-electron chi connectivity index (χ3n) is 26.0. The van der Waals surface area contributed by atoms with Gasteiger partial charge in [0.15, 0.2) is 17.1 Å². The highest BCUT2D eigenvalue weighted by molar-refractivity contribution is 9.10. The lowest BCUT2D eigenvalue weighted by Crippen LogP contribution is -2.41. The van der Waals surface area contributed by atoms with Gasteiger partial charge in [0, 0.05) is 64.0 Å². The number of halogens is 4. The fourth-order valence-corrected chi connectivity index (χ4v) is 19.9. The predicted molar refractivity (Wildman–Crippen MR) is 566 cm³/mol. The quantitative estimate of drug-likeness (QED) is 0.105. The first-order chi connectivity index (χ1) is 66.9. The average molecular weight is 1920 g/mol. The zero-order valence-corrected chi connectivity index (χ0v) is 78.4. The topological polar surface area (TPSA) is 123 Å². The Morgan fingerprint density at radius 3 is 1.08 bits per heavy atom. The van der Waals surface area contributed by atoms with E-state index in [1.165, 1.54) is 67.0 Å². The van der Waals surface area contributed by atoms with Gasteiger partial charge in [-0.25, -0.2) is 18.9 Å². The van der Waals surface area contributed by atoms with Crippen LogP contribution in [0.1, 0.15) is 55.5 Å². The third-order valence-corrected chi connectivity index (χ3v) is 26.9. The van der Waals surface area contributed by atoms with Gasteiger partial charge in [-0.05, 0) is 281 Å². The highest BCUT2D eigenvalue weighted by Crippen LogP contribution is 2.45. The van der Waals surface area contributed by atoms with E-state index in [1.54, 1.807) is 24.3 Å². The van der Waals surface area contributed by atoms with Crippen LogP contribution in [0.4, 0.5) is 26.2 Å². The van der Waals surface area contributed by atoms with Gasteiger partial charge < -0.3 is 27.6 Å². The Hall–Kier alpha value is -17.1. The van der Waals surface area contributed by atoms with Crippen LogP contribution in [0.5, 0.6) is 0 Å². The van der Waals surface area contributed by atoms with Gasteiger partial charge in [-0.1, -0.05) is 268 Å². The first-order valence-corrected chi connectivity index (χ1v) is 46.3. The van der Waals surface area contributed by atoms with Crippen LogP contribution < -0.4 is 5.46 Å². The van der Waals surface area contributed by atoms with Crippen molar-refractivity contribution in [1.29, 1.82) is 15.8 Å². The summed E-state index contributed by atoms with van der Waals surface area (Å²) in [5.74, 6) is -0.322. The monoisotopic (exact) mass is 1910 g/mol. The van der Waals surface area contributed by atoms with E-state index >= 15 is 0 Å². The number of nitrogens with zero attached hydrogens (tertiary/aromatic N) is 10. The van der Waals surface area contributed by atoms with Crippen LogP contribution in [0.15, 0.2) is 409 Å². The number of para-hydroxylation sites is 6. The van der Waals surface area contributed by atoms with Gasteiger partial charge in [-0.15, -0.1) is 0 Å². The standard InChI is InChI=1S/C44H26N4.C26H14BrN3.C24H24BNO2.C14H9N.C13H7BrFN.FH/c1-46-33-21-22-44-40(27-33)39-17-6-9-20-43(39)48(44)35-25-31(23-32(26-35)36-14-3-2-11-30(36)28-45)29-12-10-13-34(24-29)47-41-18-7-4-15-37(41)38-16-5-8-19-42(38)47;1-29-20-10-11-26-24(15-20)23-8-4-5-9-25(23)30(26)21-13-18(12-19(27)14-21)22-7-3-2-6-17(22)16-28;1-23(2)24(3,4)28-25(27-23)17-10-9-11-18(16-17)26-21-14-7-5-12-19(21)20-13-6-8-15-22(20)26;1-15-12-7-6-11-8-10-4-2-3-5-13(10)14(11)9-12;14-11-5-10(6-12(15)7-11)13-4-2-1-3-9(13)8-16;/h2-27H;2-15H;5-16H,1-4H3;2-7,9H,8H2;1-7H;1H. The molecule has 0 spiro atoms. The molecule has 0 radical (unpaired) electrons. The fraction of sp³-hybridized carbons (Fsp3) is 0.0579. The molecular weight excluding hydrogens is 1830 g/mol. The molecule has 0 N–H and O–H groups in total. The second-order valence-electron chi connectivity index (χ2n) is 34.7. The Morgan fingerprint density at radius 2 is 0.630 bits per heavy atom. The lowest BCUT2D eigenvalue weighted by atomic mass is 9.79. The lowest BCUT2D eigenvalue weighted by Gasteiger charge is -2.32. The van der Waals surface area contributed by atoms with E-state index in [-0.39, 0.29) is 28.8 Å². The Morgan fingerprint density at radius 1 is 0.297 bits per heavy atom. The minimum absolute atomic E-state index is 0. The van der Waals surface area contributed by atoms with E-state index < -0.39 is 0 Å². The van der Waals surface area contributed by atoms with Gasteiger partial charge >= 0.3 is 7.12 Å². The second kappa shape index (κ2) is 38.1. The molecule has 1 aliphatic heterocycles. The van der Waals surface area contributed by atoms with Crippen LogP contribution in [-0.4, -0.2) is 36.6 Å². The normalized spacial score (nSPS) is 12.4. The maximum absolute atomic E-state index is 13.2. The van der Waals surface area contributed by atoms with Gasteiger partial charge in [0.1, 0.15) is 5.82 Å². The predicted octanol–water partition coefficient (Wildman–Crippen LogP) is 32.4. The average Bonchev–Trinajstić information content (AvgIpc) is 1.59. The van der Waals surface area contributed by atoms with Crippen molar-refractivity contribution < 1.29 is 18.4 Å². The molecule has 12 nitrogen and oxygen atoms in total. The molecular formula is C121H81BBr2F2N10O2. The number of hydrogen-bond donors (Lipinski definition) is 0. The summed E-state index contributed by atoms with van der Waals surface area (Å²) >= 11 is 6.89. The molecule has 17 heteroatoms. The summed E-state index contributed by atoms with van der Waals surface area (Å²) in [5.41, 5.74) is 29.8. The molecule has 0 saturated carbocycles. The van der Waals surface area contributed by atoms with E-state index in [9.17, 15) is 14.9 Å². The molecule has 658 valence electrons. The minimum Gasteiger partial charge on any atom is -0.399 e. The van der Waals surface area contributed by atoms with E-state index in [2.05, 4.69) is 347 Å². The summed E-state index contributed by atoms with van der Waals surface area (Å²) in [6.45, 7) is 30.4. The van der Waals surface area contributed by atoms with Crippen LogP contribution in [0, 0.1) is 59.5 Å². The Labute approximate surface area is 814 Å². The molecule has 24 rings (SSSR count). The SMILES string of the molecule is CC1(C)OB(c2cccc(-n3c4ccccc4c4ccccc43)c2)OC1(C)C.F.N#Cc1ccccc1-c1cc(F)cc(Br)c1.[C-]#[N+]c1ccc2c(c1)-c1ccccc1C2.[C-]#[N+]c1ccc2c(c1)c1ccccc1n2-c1cc(-c2cccc(-n3c4ccccc4c4ccccc43)c2)cc(-c2ccccc2C#N)c1.[C-]#[N+]c1ccc2c(c1)c1ccccc1n2-c1cc(Br)cc(-c2ccccc2C#N)c1. The maximum Gasteiger partial charge on any atom is 0.494 e. The van der Waals surface area contributed by atoms with Crippen molar-refractivity contribution in [1.82, 2.24) is 18.3 Å². The first kappa shape index (κ1) is 90.1. The number of rotatable bonds is 9. The van der Waals surface area contributed by atoms with E-state index in [0.717, 1.165) is 138 Å².